The molecule has 0 aliphatic carbocycles. The number of ether oxygens (including phenoxy) is 2. The summed E-state index contributed by atoms with van der Waals surface area (Å²) in [5.41, 5.74) is 2.78. The van der Waals surface area contributed by atoms with Crippen molar-refractivity contribution in [2.75, 3.05) is 23.8 Å². The van der Waals surface area contributed by atoms with Crippen LogP contribution >= 0.6 is 0 Å². The van der Waals surface area contributed by atoms with Crippen LogP contribution in [0.3, 0.4) is 0 Å². The number of benzene rings is 2. The Hall–Kier alpha value is -3.81. The van der Waals surface area contributed by atoms with E-state index in [1.807, 2.05) is 69.3 Å². The summed E-state index contributed by atoms with van der Waals surface area (Å²) >= 11 is 0. The molecule has 2 aromatic carbocycles. The maximum absolute atomic E-state index is 13.5. The molecule has 2 heterocycles. The zero-order valence-corrected chi connectivity index (χ0v) is 17.8. The van der Waals surface area contributed by atoms with Gasteiger partial charge in [0.25, 0.3) is 5.91 Å². The van der Waals surface area contributed by atoms with E-state index in [-0.39, 0.29) is 5.91 Å². The van der Waals surface area contributed by atoms with Crippen molar-refractivity contribution in [3.05, 3.63) is 71.7 Å². The third-order valence-electron chi connectivity index (χ3n) is 4.98. The number of aromatic nitrogens is 3. The number of para-hydroxylation sites is 2. The summed E-state index contributed by atoms with van der Waals surface area (Å²) in [5.74, 6) is 1.75. The van der Waals surface area contributed by atoms with Crippen LogP contribution in [0.1, 0.15) is 32.4 Å². The lowest BCUT2D eigenvalue weighted by atomic mass is 9.95. The second kappa shape index (κ2) is 8.91. The smallest absolute Gasteiger partial charge is 0.255 e. The topological polar surface area (TPSA) is 90.3 Å². The second-order valence-electron chi connectivity index (χ2n) is 6.98. The van der Waals surface area contributed by atoms with Gasteiger partial charge in [-0.25, -0.2) is 4.68 Å². The first-order valence-corrected chi connectivity index (χ1v) is 10.3. The van der Waals surface area contributed by atoms with Gasteiger partial charge in [-0.2, -0.15) is 10.1 Å². The van der Waals surface area contributed by atoms with Crippen LogP contribution in [-0.4, -0.2) is 33.9 Å². The Bertz CT molecular complexity index is 1100. The van der Waals surface area contributed by atoms with Gasteiger partial charge in [-0.1, -0.05) is 24.3 Å². The number of nitrogens with one attached hydrogen (secondary N) is 2. The number of amides is 1. The first kappa shape index (κ1) is 20.5. The van der Waals surface area contributed by atoms with Crippen molar-refractivity contribution in [1.82, 2.24) is 14.8 Å². The molecule has 2 N–H and O–H groups in total. The SMILES string of the molecule is CCOc1ccc(C2C(C(=O)Nc3ccccc3OCC)=C(C)Nc3ncnn32)cc1. The highest BCUT2D eigenvalue weighted by atomic mass is 16.5. The highest BCUT2D eigenvalue weighted by Crippen LogP contribution is 2.36. The minimum atomic E-state index is -0.436. The van der Waals surface area contributed by atoms with Crippen LogP contribution in [0.4, 0.5) is 11.6 Å². The fraction of sp³-hybridized carbons (Fsp3) is 0.261. The fourth-order valence-electron chi connectivity index (χ4n) is 3.65. The number of anilines is 2. The highest BCUT2D eigenvalue weighted by molar-refractivity contribution is 6.06. The summed E-state index contributed by atoms with van der Waals surface area (Å²) in [4.78, 5) is 17.7. The maximum Gasteiger partial charge on any atom is 0.255 e. The monoisotopic (exact) mass is 419 g/mol. The van der Waals surface area contributed by atoms with E-state index >= 15 is 0 Å². The molecule has 1 aliphatic rings. The number of nitrogens with zero attached hydrogens (tertiary/aromatic N) is 3. The van der Waals surface area contributed by atoms with Crippen molar-refractivity contribution in [1.29, 1.82) is 0 Å². The molecule has 8 nitrogen and oxygen atoms in total. The van der Waals surface area contributed by atoms with Gasteiger partial charge in [-0.15, -0.1) is 0 Å². The van der Waals surface area contributed by atoms with Crippen molar-refractivity contribution in [2.45, 2.75) is 26.8 Å². The molecule has 0 bridgehead atoms. The molecular weight excluding hydrogens is 394 g/mol. The fourth-order valence-corrected chi connectivity index (χ4v) is 3.65. The Morgan fingerprint density at radius 3 is 2.58 bits per heavy atom. The Morgan fingerprint density at radius 1 is 1.10 bits per heavy atom. The number of fused-ring (bicyclic) bond motifs is 1. The van der Waals surface area contributed by atoms with Crippen molar-refractivity contribution in [3.63, 3.8) is 0 Å². The van der Waals surface area contributed by atoms with Gasteiger partial charge in [0.05, 0.1) is 24.5 Å². The first-order chi connectivity index (χ1) is 15.1. The average Bonchev–Trinajstić information content (AvgIpc) is 3.23. The first-order valence-electron chi connectivity index (χ1n) is 10.3. The largest absolute Gasteiger partial charge is 0.494 e. The highest BCUT2D eigenvalue weighted by Gasteiger charge is 2.33. The molecule has 0 saturated carbocycles. The van der Waals surface area contributed by atoms with E-state index in [4.69, 9.17) is 9.47 Å². The Morgan fingerprint density at radius 2 is 1.84 bits per heavy atom. The molecular formula is C23H25N5O3. The van der Waals surface area contributed by atoms with E-state index in [1.54, 1.807) is 4.68 Å². The Labute approximate surface area is 180 Å². The molecule has 1 aliphatic heterocycles. The lowest BCUT2D eigenvalue weighted by Gasteiger charge is -2.29. The standard InChI is InChI=1S/C23H25N5O3/c1-4-30-17-12-10-16(11-13-17)21-20(15(3)26-23-24-14-25-28(21)23)22(29)27-18-8-6-7-9-19(18)31-5-2/h6-14,21H,4-5H2,1-3H3,(H,27,29)(H,24,25,26). The lowest BCUT2D eigenvalue weighted by Crippen LogP contribution is -2.31. The van der Waals surface area contributed by atoms with E-state index in [0.717, 1.165) is 11.3 Å². The third kappa shape index (κ3) is 4.09. The summed E-state index contributed by atoms with van der Waals surface area (Å²) in [6.45, 7) is 6.81. The Balaban J connectivity index is 1.71. The predicted molar refractivity (Wildman–Crippen MR) is 118 cm³/mol. The molecule has 1 unspecified atom stereocenters. The molecule has 1 amide bonds. The summed E-state index contributed by atoms with van der Waals surface area (Å²) in [6.07, 6.45) is 1.47. The minimum absolute atomic E-state index is 0.239. The molecule has 8 heteroatoms. The summed E-state index contributed by atoms with van der Waals surface area (Å²) in [6, 6.07) is 14.6. The van der Waals surface area contributed by atoms with Crippen molar-refractivity contribution >= 4 is 17.5 Å². The summed E-state index contributed by atoms with van der Waals surface area (Å²) in [7, 11) is 0. The van der Waals surface area contributed by atoms with Gasteiger partial charge in [0.2, 0.25) is 5.95 Å². The molecule has 3 aromatic rings. The number of carbonyl (C=O) groups excluding carboxylic acids is 1. The predicted octanol–water partition coefficient (Wildman–Crippen LogP) is 4.00. The van der Waals surface area contributed by atoms with Crippen LogP contribution in [0.15, 0.2) is 66.1 Å². The number of hydrogen-bond acceptors (Lipinski definition) is 6. The van der Waals surface area contributed by atoms with Gasteiger partial charge in [-0.3, -0.25) is 4.79 Å². The molecule has 4 rings (SSSR count). The van der Waals surface area contributed by atoms with Crippen LogP contribution in [0.5, 0.6) is 11.5 Å². The minimum Gasteiger partial charge on any atom is -0.494 e. The molecule has 0 spiro atoms. The molecule has 1 aromatic heterocycles. The molecule has 31 heavy (non-hydrogen) atoms. The van der Waals surface area contributed by atoms with E-state index in [1.165, 1.54) is 6.33 Å². The van der Waals surface area contributed by atoms with Gasteiger partial charge in [0.1, 0.15) is 23.9 Å². The summed E-state index contributed by atoms with van der Waals surface area (Å²) < 4.78 is 12.9. The number of hydrogen-bond donors (Lipinski definition) is 2. The molecule has 0 radical (unpaired) electrons. The Kier molecular flexibility index (Phi) is 5.88. The molecule has 160 valence electrons. The van der Waals surface area contributed by atoms with Gasteiger partial charge in [0, 0.05) is 5.70 Å². The van der Waals surface area contributed by atoms with Crippen LogP contribution in [-0.2, 0) is 4.79 Å². The van der Waals surface area contributed by atoms with Gasteiger partial charge in [-0.05, 0) is 50.6 Å². The van der Waals surface area contributed by atoms with E-state index in [2.05, 4.69) is 20.7 Å². The quantitative estimate of drug-likeness (QED) is 0.602. The zero-order valence-electron chi connectivity index (χ0n) is 17.8. The van der Waals surface area contributed by atoms with Gasteiger partial charge in [0.15, 0.2) is 0 Å². The van der Waals surface area contributed by atoms with Crippen molar-refractivity contribution in [2.24, 2.45) is 0 Å². The van der Waals surface area contributed by atoms with Crippen LogP contribution < -0.4 is 20.1 Å². The molecule has 0 fully saturated rings. The van der Waals surface area contributed by atoms with Crippen LogP contribution in [0.2, 0.25) is 0 Å². The van der Waals surface area contributed by atoms with E-state index in [9.17, 15) is 4.79 Å². The second-order valence-corrected chi connectivity index (χ2v) is 6.98. The van der Waals surface area contributed by atoms with E-state index in [0.29, 0.717) is 41.9 Å². The van der Waals surface area contributed by atoms with Crippen molar-refractivity contribution in [3.8, 4) is 11.5 Å². The van der Waals surface area contributed by atoms with Crippen LogP contribution in [0, 0.1) is 0 Å². The van der Waals surface area contributed by atoms with Crippen LogP contribution in [0.25, 0.3) is 0 Å². The number of rotatable bonds is 7. The van der Waals surface area contributed by atoms with Gasteiger partial charge < -0.3 is 20.1 Å². The third-order valence-corrected chi connectivity index (χ3v) is 4.98. The van der Waals surface area contributed by atoms with Crippen molar-refractivity contribution < 1.29 is 14.3 Å². The van der Waals surface area contributed by atoms with Gasteiger partial charge >= 0.3 is 0 Å². The normalized spacial score (nSPS) is 15.1. The maximum atomic E-state index is 13.5. The summed E-state index contributed by atoms with van der Waals surface area (Å²) in [5, 5.41) is 10.5. The van der Waals surface area contributed by atoms with E-state index < -0.39 is 6.04 Å². The molecule has 0 saturated heterocycles. The molecule has 1 atom stereocenters. The lowest BCUT2D eigenvalue weighted by molar-refractivity contribution is -0.113. The zero-order chi connectivity index (χ0) is 21.8. The number of allylic oxidation sites excluding steroid dienone is 1. The number of carbonyl (C=O) groups is 1. The average molecular weight is 419 g/mol.